The summed E-state index contributed by atoms with van der Waals surface area (Å²) in [6.07, 6.45) is 0.598. The van der Waals surface area contributed by atoms with E-state index in [9.17, 15) is 13.2 Å². The summed E-state index contributed by atoms with van der Waals surface area (Å²) in [6.45, 7) is 5.44. The molecular weight excluding hydrogens is 522 g/mol. The molecule has 1 heterocycles. The zero-order chi connectivity index (χ0) is 28.1. The first kappa shape index (κ1) is 27.8. The molecule has 0 aliphatic carbocycles. The summed E-state index contributed by atoms with van der Waals surface area (Å²) in [6, 6.07) is 27.4. The van der Waals surface area contributed by atoms with Crippen LogP contribution >= 0.6 is 0 Å². The predicted octanol–water partition coefficient (Wildman–Crippen LogP) is 5.39. The normalized spacial score (nSPS) is 15.8. The molecule has 0 spiro atoms. The van der Waals surface area contributed by atoms with Crippen LogP contribution in [0.4, 0.5) is 0 Å². The number of fused-ring (bicyclic) bond motifs is 2. The summed E-state index contributed by atoms with van der Waals surface area (Å²) >= 11 is 0. The first-order valence-corrected chi connectivity index (χ1v) is 15.1. The molecule has 1 aliphatic rings. The second-order valence-electron chi connectivity index (χ2n) is 10.5. The summed E-state index contributed by atoms with van der Waals surface area (Å²) in [7, 11) is -3.90. The lowest BCUT2D eigenvalue weighted by Gasteiger charge is -2.28. The minimum Gasteiger partial charge on any atom is -0.493 e. The minimum absolute atomic E-state index is 0.0418. The van der Waals surface area contributed by atoms with E-state index in [1.54, 1.807) is 18.2 Å². The molecule has 3 N–H and O–H groups in total. The molecule has 4 aromatic rings. The standard InChI is InChI=1S/C32H35N3O4S/c1-22(2)33-21-23-12-15-28-29(16-17-39-31(28)18-23)34-32(36)20-30(25-9-4-3-5-10-25)35-40(37,38)27-14-13-24-8-6-7-11-26(24)19-27/h3-15,18-19,22,29-30,33,35H,16-17,20-21H2,1-2H3,(H,34,36)/t29?,30-/m1/s1. The van der Waals surface area contributed by atoms with Gasteiger partial charge < -0.3 is 15.4 Å². The highest BCUT2D eigenvalue weighted by Gasteiger charge is 2.27. The molecule has 0 radical (unpaired) electrons. The van der Waals surface area contributed by atoms with Gasteiger partial charge in [0.1, 0.15) is 5.75 Å². The van der Waals surface area contributed by atoms with Gasteiger partial charge in [0.15, 0.2) is 0 Å². The van der Waals surface area contributed by atoms with Crippen molar-refractivity contribution < 1.29 is 17.9 Å². The highest BCUT2D eigenvalue weighted by Crippen LogP contribution is 2.33. The van der Waals surface area contributed by atoms with Crippen LogP contribution in [0.25, 0.3) is 10.8 Å². The third-order valence-corrected chi connectivity index (χ3v) is 8.56. The molecule has 8 heteroatoms. The number of benzene rings is 4. The van der Waals surface area contributed by atoms with Gasteiger partial charge in [0, 0.05) is 31.0 Å². The highest BCUT2D eigenvalue weighted by atomic mass is 32.2. The van der Waals surface area contributed by atoms with Crippen LogP contribution < -0.4 is 20.1 Å². The lowest BCUT2D eigenvalue weighted by Crippen LogP contribution is -2.36. The van der Waals surface area contributed by atoms with Crippen molar-refractivity contribution in [2.75, 3.05) is 6.61 Å². The maximum Gasteiger partial charge on any atom is 0.241 e. The van der Waals surface area contributed by atoms with Crippen molar-refractivity contribution in [2.24, 2.45) is 0 Å². The van der Waals surface area contributed by atoms with Crippen molar-refractivity contribution in [3.63, 3.8) is 0 Å². The molecule has 5 rings (SSSR count). The lowest BCUT2D eigenvalue weighted by atomic mass is 9.97. The fourth-order valence-corrected chi connectivity index (χ4v) is 6.22. The van der Waals surface area contributed by atoms with E-state index in [4.69, 9.17) is 4.74 Å². The van der Waals surface area contributed by atoms with Gasteiger partial charge in [-0.2, -0.15) is 0 Å². The molecule has 2 atom stereocenters. The second-order valence-corrected chi connectivity index (χ2v) is 12.2. The molecule has 40 heavy (non-hydrogen) atoms. The maximum atomic E-state index is 13.5. The summed E-state index contributed by atoms with van der Waals surface area (Å²) in [5, 5.41) is 8.32. The van der Waals surface area contributed by atoms with Crippen LogP contribution in [0, 0.1) is 0 Å². The quantitative estimate of drug-likeness (QED) is 0.243. The Labute approximate surface area is 236 Å². The first-order valence-electron chi connectivity index (χ1n) is 13.6. The number of sulfonamides is 1. The topological polar surface area (TPSA) is 96.5 Å². The molecule has 4 aromatic carbocycles. The Bertz CT molecular complexity index is 1590. The van der Waals surface area contributed by atoms with E-state index in [0.717, 1.165) is 39.8 Å². The van der Waals surface area contributed by atoms with Crippen molar-refractivity contribution >= 4 is 26.7 Å². The molecule has 1 unspecified atom stereocenters. The molecule has 0 saturated heterocycles. The number of carbonyl (C=O) groups is 1. The Kier molecular flexibility index (Phi) is 8.49. The molecule has 0 bridgehead atoms. The van der Waals surface area contributed by atoms with Crippen LogP contribution in [-0.4, -0.2) is 27.0 Å². The van der Waals surface area contributed by atoms with Gasteiger partial charge in [-0.3, -0.25) is 4.79 Å². The van der Waals surface area contributed by atoms with Gasteiger partial charge in [-0.1, -0.05) is 86.6 Å². The van der Waals surface area contributed by atoms with Gasteiger partial charge in [-0.25, -0.2) is 13.1 Å². The van der Waals surface area contributed by atoms with Gasteiger partial charge >= 0.3 is 0 Å². The molecule has 0 saturated carbocycles. The van der Waals surface area contributed by atoms with E-state index in [0.29, 0.717) is 19.1 Å². The Morgan fingerprint density at radius 1 is 0.925 bits per heavy atom. The number of ether oxygens (including phenoxy) is 1. The Hall–Kier alpha value is -3.72. The lowest BCUT2D eigenvalue weighted by molar-refractivity contribution is -0.122. The second kappa shape index (κ2) is 12.2. The highest BCUT2D eigenvalue weighted by molar-refractivity contribution is 7.89. The van der Waals surface area contributed by atoms with E-state index in [-0.39, 0.29) is 23.3 Å². The smallest absolute Gasteiger partial charge is 0.241 e. The number of hydrogen-bond acceptors (Lipinski definition) is 5. The summed E-state index contributed by atoms with van der Waals surface area (Å²) in [5.74, 6) is 0.537. The van der Waals surface area contributed by atoms with Gasteiger partial charge in [0.2, 0.25) is 15.9 Å². The number of carbonyl (C=O) groups excluding carboxylic acids is 1. The minimum atomic E-state index is -3.90. The SMILES string of the molecule is CC(C)NCc1ccc2c(c1)OCCC2NC(=O)C[C@@H](NS(=O)(=O)c1ccc2ccccc2c1)c1ccccc1. The average molecular weight is 558 g/mol. The molecule has 1 aliphatic heterocycles. The van der Waals surface area contributed by atoms with E-state index in [1.807, 2.05) is 72.8 Å². The molecule has 7 nitrogen and oxygen atoms in total. The molecule has 208 valence electrons. The van der Waals surface area contributed by atoms with Crippen LogP contribution in [0.2, 0.25) is 0 Å². The third kappa shape index (κ3) is 6.70. The van der Waals surface area contributed by atoms with Crippen LogP contribution in [0.15, 0.2) is 95.9 Å². The fraction of sp³-hybridized carbons (Fsp3) is 0.281. The number of rotatable bonds is 10. The van der Waals surface area contributed by atoms with Gasteiger partial charge in [0.05, 0.1) is 23.6 Å². The van der Waals surface area contributed by atoms with E-state index < -0.39 is 16.1 Å². The van der Waals surface area contributed by atoms with Crippen molar-refractivity contribution in [2.45, 2.75) is 56.3 Å². The zero-order valence-electron chi connectivity index (χ0n) is 22.8. The Morgan fingerprint density at radius 2 is 1.68 bits per heavy atom. The van der Waals surface area contributed by atoms with Crippen LogP contribution in [0.5, 0.6) is 5.75 Å². The Morgan fingerprint density at radius 3 is 2.45 bits per heavy atom. The van der Waals surface area contributed by atoms with Crippen molar-refractivity contribution in [1.82, 2.24) is 15.4 Å². The monoisotopic (exact) mass is 557 g/mol. The summed E-state index contributed by atoms with van der Waals surface area (Å²) < 4.78 is 35.6. The zero-order valence-corrected chi connectivity index (χ0v) is 23.6. The number of amides is 1. The number of nitrogens with one attached hydrogen (secondary N) is 3. The molecule has 1 amide bonds. The van der Waals surface area contributed by atoms with E-state index >= 15 is 0 Å². The molecule has 0 aromatic heterocycles. The van der Waals surface area contributed by atoms with Crippen LogP contribution in [-0.2, 0) is 21.4 Å². The van der Waals surface area contributed by atoms with Gasteiger partial charge in [-0.15, -0.1) is 0 Å². The number of hydrogen-bond donors (Lipinski definition) is 3. The maximum absolute atomic E-state index is 13.5. The van der Waals surface area contributed by atoms with Gasteiger partial charge in [-0.05, 0) is 40.1 Å². The summed E-state index contributed by atoms with van der Waals surface area (Å²) in [4.78, 5) is 13.5. The van der Waals surface area contributed by atoms with Crippen LogP contribution in [0.1, 0.15) is 55.5 Å². The van der Waals surface area contributed by atoms with E-state index in [1.165, 1.54) is 0 Å². The molecule has 0 fully saturated rings. The third-order valence-electron chi connectivity index (χ3n) is 7.09. The molecular formula is C32H35N3O4S. The summed E-state index contributed by atoms with van der Waals surface area (Å²) in [5.41, 5.74) is 2.77. The first-order chi connectivity index (χ1) is 19.3. The van der Waals surface area contributed by atoms with Crippen LogP contribution in [0.3, 0.4) is 0 Å². The predicted molar refractivity (Wildman–Crippen MR) is 157 cm³/mol. The average Bonchev–Trinajstić information content (AvgIpc) is 2.96. The van der Waals surface area contributed by atoms with Crippen molar-refractivity contribution in [3.05, 3.63) is 108 Å². The van der Waals surface area contributed by atoms with E-state index in [2.05, 4.69) is 29.2 Å². The van der Waals surface area contributed by atoms with Gasteiger partial charge in [0.25, 0.3) is 0 Å². The van der Waals surface area contributed by atoms with Crippen molar-refractivity contribution in [3.8, 4) is 5.75 Å². The van der Waals surface area contributed by atoms with Crippen molar-refractivity contribution in [1.29, 1.82) is 0 Å². The Balaban J connectivity index is 1.33. The largest absolute Gasteiger partial charge is 0.493 e. The fourth-order valence-electron chi connectivity index (χ4n) is 4.96.